The number of carbonyl (C=O) groups is 1. The summed E-state index contributed by atoms with van der Waals surface area (Å²) >= 11 is 0. The molecule has 0 radical (unpaired) electrons. The fourth-order valence-electron chi connectivity index (χ4n) is 3.04. The first-order valence-electron chi connectivity index (χ1n) is 8.60. The topological polar surface area (TPSA) is 59.2 Å². The van der Waals surface area contributed by atoms with E-state index in [0.29, 0.717) is 18.3 Å². The van der Waals surface area contributed by atoms with Crippen molar-refractivity contribution < 1.29 is 14.1 Å². The van der Waals surface area contributed by atoms with Gasteiger partial charge in [-0.05, 0) is 19.9 Å². The SMILES string of the molecule is CCOC(=O)c1cc(CP(=O)(c2ccccc2)c2ccccc2)[nH]c1C. The van der Waals surface area contributed by atoms with E-state index in [2.05, 4.69) is 4.98 Å². The van der Waals surface area contributed by atoms with Gasteiger partial charge in [0.2, 0.25) is 0 Å². The minimum atomic E-state index is -2.88. The molecule has 3 aromatic rings. The van der Waals surface area contributed by atoms with Gasteiger partial charge in [-0.25, -0.2) is 4.79 Å². The van der Waals surface area contributed by atoms with Gasteiger partial charge in [0.15, 0.2) is 0 Å². The van der Waals surface area contributed by atoms with Crippen molar-refractivity contribution in [2.45, 2.75) is 20.0 Å². The third kappa shape index (κ3) is 3.66. The number of esters is 1. The van der Waals surface area contributed by atoms with Crippen molar-refractivity contribution in [1.29, 1.82) is 0 Å². The maximum absolute atomic E-state index is 14.1. The average molecular weight is 367 g/mol. The molecule has 0 bridgehead atoms. The van der Waals surface area contributed by atoms with Crippen LogP contribution in [-0.2, 0) is 15.5 Å². The van der Waals surface area contributed by atoms with Crippen LogP contribution in [0.2, 0.25) is 0 Å². The van der Waals surface area contributed by atoms with Crippen LogP contribution in [-0.4, -0.2) is 17.6 Å². The number of H-pyrrole nitrogens is 1. The van der Waals surface area contributed by atoms with Gasteiger partial charge in [0.1, 0.15) is 7.14 Å². The van der Waals surface area contributed by atoms with Crippen molar-refractivity contribution in [3.8, 4) is 0 Å². The minimum absolute atomic E-state index is 0.321. The number of carbonyl (C=O) groups excluding carboxylic acids is 1. The Kier molecular flexibility index (Phi) is 5.43. The van der Waals surface area contributed by atoms with Crippen molar-refractivity contribution in [3.05, 3.63) is 83.7 Å². The lowest BCUT2D eigenvalue weighted by Gasteiger charge is -2.18. The van der Waals surface area contributed by atoms with E-state index in [4.69, 9.17) is 4.74 Å². The molecule has 2 aromatic carbocycles. The molecule has 0 aliphatic heterocycles. The van der Waals surface area contributed by atoms with Crippen molar-refractivity contribution in [1.82, 2.24) is 4.98 Å². The molecule has 1 aromatic heterocycles. The van der Waals surface area contributed by atoms with E-state index in [9.17, 15) is 9.36 Å². The van der Waals surface area contributed by atoms with Crippen LogP contribution in [0, 0.1) is 6.92 Å². The highest BCUT2D eigenvalue weighted by atomic mass is 31.2. The van der Waals surface area contributed by atoms with E-state index in [-0.39, 0.29) is 5.97 Å². The Morgan fingerprint density at radius 1 is 1.00 bits per heavy atom. The summed E-state index contributed by atoms with van der Waals surface area (Å²) < 4.78 is 19.2. The zero-order valence-corrected chi connectivity index (χ0v) is 15.8. The number of aromatic nitrogens is 1. The lowest BCUT2D eigenvalue weighted by molar-refractivity contribution is 0.0525. The van der Waals surface area contributed by atoms with Crippen molar-refractivity contribution in [3.63, 3.8) is 0 Å². The van der Waals surface area contributed by atoms with Crippen LogP contribution in [0.5, 0.6) is 0 Å². The fourth-order valence-corrected chi connectivity index (χ4v) is 5.66. The molecule has 0 aliphatic carbocycles. The van der Waals surface area contributed by atoms with Crippen molar-refractivity contribution in [2.75, 3.05) is 6.61 Å². The highest BCUT2D eigenvalue weighted by Crippen LogP contribution is 2.46. The molecule has 1 heterocycles. The van der Waals surface area contributed by atoms with E-state index in [1.165, 1.54) is 0 Å². The molecule has 3 rings (SSSR count). The summed E-state index contributed by atoms with van der Waals surface area (Å²) in [6.07, 6.45) is 0.321. The monoisotopic (exact) mass is 367 g/mol. The van der Waals surface area contributed by atoms with Crippen LogP contribution in [0.15, 0.2) is 66.7 Å². The van der Waals surface area contributed by atoms with Crippen LogP contribution in [0.4, 0.5) is 0 Å². The van der Waals surface area contributed by atoms with Gasteiger partial charge in [0.05, 0.1) is 12.2 Å². The fraction of sp³-hybridized carbons (Fsp3) is 0.190. The molecule has 0 amide bonds. The predicted molar refractivity (Wildman–Crippen MR) is 105 cm³/mol. The summed E-state index contributed by atoms with van der Waals surface area (Å²) in [4.78, 5) is 15.3. The standard InChI is InChI=1S/C21H22NO3P/c1-3-25-21(23)20-14-17(22-16(20)2)15-26(24,18-10-6-4-7-11-18)19-12-8-5-9-13-19/h4-14,22H,3,15H2,1-2H3. The summed E-state index contributed by atoms with van der Waals surface area (Å²) in [6.45, 7) is 3.93. The second-order valence-corrected chi connectivity index (χ2v) is 8.95. The minimum Gasteiger partial charge on any atom is -0.462 e. The van der Waals surface area contributed by atoms with Crippen LogP contribution in [0.25, 0.3) is 0 Å². The number of aromatic amines is 1. The Bertz CT molecular complexity index is 889. The molecular weight excluding hydrogens is 345 g/mol. The van der Waals surface area contributed by atoms with Gasteiger partial charge in [0.25, 0.3) is 0 Å². The van der Waals surface area contributed by atoms with Crippen LogP contribution >= 0.6 is 7.14 Å². The second kappa shape index (κ2) is 7.76. The molecule has 0 saturated carbocycles. The molecule has 0 spiro atoms. The first-order valence-corrected chi connectivity index (χ1v) is 10.5. The smallest absolute Gasteiger partial charge is 0.339 e. The largest absolute Gasteiger partial charge is 0.462 e. The first-order chi connectivity index (χ1) is 12.5. The Labute approximate surface area is 153 Å². The molecule has 0 saturated heterocycles. The summed E-state index contributed by atoms with van der Waals surface area (Å²) in [5, 5.41) is 1.60. The molecule has 1 N–H and O–H groups in total. The highest BCUT2D eigenvalue weighted by Gasteiger charge is 2.29. The number of rotatable bonds is 6. The lowest BCUT2D eigenvalue weighted by atomic mass is 10.2. The van der Waals surface area contributed by atoms with E-state index in [1.54, 1.807) is 13.0 Å². The molecule has 0 atom stereocenters. The maximum atomic E-state index is 14.1. The summed E-state index contributed by atoms with van der Waals surface area (Å²) in [5.74, 6) is -0.359. The number of hydrogen-bond donors (Lipinski definition) is 1. The molecule has 134 valence electrons. The molecular formula is C21H22NO3P. The van der Waals surface area contributed by atoms with E-state index in [0.717, 1.165) is 22.0 Å². The first kappa shape index (κ1) is 18.2. The average Bonchev–Trinajstić information content (AvgIpc) is 3.03. The van der Waals surface area contributed by atoms with Gasteiger partial charge in [-0.15, -0.1) is 0 Å². The van der Waals surface area contributed by atoms with Crippen molar-refractivity contribution >= 4 is 23.7 Å². The van der Waals surface area contributed by atoms with Crippen LogP contribution < -0.4 is 10.6 Å². The zero-order chi connectivity index (χ0) is 18.6. The second-order valence-electron chi connectivity index (χ2n) is 6.12. The number of nitrogens with one attached hydrogen (secondary N) is 1. The van der Waals surface area contributed by atoms with Crippen molar-refractivity contribution in [2.24, 2.45) is 0 Å². The zero-order valence-electron chi connectivity index (χ0n) is 14.9. The van der Waals surface area contributed by atoms with Gasteiger partial charge in [-0.1, -0.05) is 60.7 Å². The molecule has 4 nitrogen and oxygen atoms in total. The quantitative estimate of drug-likeness (QED) is 0.529. The number of ether oxygens (including phenoxy) is 1. The Hall–Kier alpha value is -2.58. The number of hydrogen-bond acceptors (Lipinski definition) is 3. The molecule has 0 fully saturated rings. The van der Waals surface area contributed by atoms with Gasteiger partial charge in [0, 0.05) is 28.2 Å². The number of aryl methyl sites for hydroxylation is 1. The van der Waals surface area contributed by atoms with Gasteiger partial charge in [-0.2, -0.15) is 0 Å². The predicted octanol–water partition coefficient (Wildman–Crippen LogP) is 4.01. The highest BCUT2D eigenvalue weighted by molar-refractivity contribution is 7.78. The van der Waals surface area contributed by atoms with Crippen LogP contribution in [0.3, 0.4) is 0 Å². The van der Waals surface area contributed by atoms with E-state index >= 15 is 0 Å². The van der Waals surface area contributed by atoms with Gasteiger partial charge >= 0.3 is 5.97 Å². The number of benzene rings is 2. The van der Waals surface area contributed by atoms with Crippen LogP contribution in [0.1, 0.15) is 28.7 Å². The Morgan fingerprint density at radius 3 is 2.04 bits per heavy atom. The summed E-state index contributed by atoms with van der Waals surface area (Å²) in [6, 6.07) is 20.8. The van der Waals surface area contributed by atoms with E-state index < -0.39 is 7.14 Å². The molecule has 0 unspecified atom stereocenters. The van der Waals surface area contributed by atoms with Gasteiger partial charge < -0.3 is 14.3 Å². The van der Waals surface area contributed by atoms with Gasteiger partial charge in [-0.3, -0.25) is 0 Å². The summed E-state index contributed by atoms with van der Waals surface area (Å²) in [5.41, 5.74) is 1.99. The maximum Gasteiger partial charge on any atom is 0.339 e. The molecule has 0 aliphatic rings. The third-order valence-corrected chi connectivity index (χ3v) is 7.36. The Balaban J connectivity index is 2.02. The molecule has 5 heteroatoms. The Morgan fingerprint density at radius 2 is 1.54 bits per heavy atom. The summed E-state index contributed by atoms with van der Waals surface area (Å²) in [7, 11) is -2.88. The van der Waals surface area contributed by atoms with E-state index in [1.807, 2.05) is 67.6 Å². The third-order valence-electron chi connectivity index (χ3n) is 4.31. The normalized spacial score (nSPS) is 11.3. The lowest BCUT2D eigenvalue weighted by Crippen LogP contribution is -2.17. The molecule has 26 heavy (non-hydrogen) atoms.